The standard InChI is InChI=1S/C10H11ClN2O2/c1-13(5-10(12)15)9-4-8(11)3-2-7(9)6-14/h2-4,6H,5H2,1H3,(H2,12,15). The van der Waals surface area contributed by atoms with Crippen molar-refractivity contribution in [2.75, 3.05) is 18.5 Å². The van der Waals surface area contributed by atoms with Gasteiger partial charge in [-0.25, -0.2) is 0 Å². The van der Waals surface area contributed by atoms with E-state index in [4.69, 9.17) is 17.3 Å². The molecular formula is C10H11ClN2O2. The summed E-state index contributed by atoms with van der Waals surface area (Å²) in [4.78, 5) is 23.1. The molecule has 0 fully saturated rings. The Morgan fingerprint density at radius 3 is 2.80 bits per heavy atom. The summed E-state index contributed by atoms with van der Waals surface area (Å²) in [6.07, 6.45) is 0.711. The highest BCUT2D eigenvalue weighted by Crippen LogP contribution is 2.22. The number of carbonyl (C=O) groups is 2. The van der Waals surface area contributed by atoms with Gasteiger partial charge in [-0.3, -0.25) is 9.59 Å². The largest absolute Gasteiger partial charge is 0.368 e. The van der Waals surface area contributed by atoms with Gasteiger partial charge < -0.3 is 10.6 Å². The van der Waals surface area contributed by atoms with E-state index in [1.54, 1.807) is 30.1 Å². The highest BCUT2D eigenvalue weighted by molar-refractivity contribution is 6.31. The van der Waals surface area contributed by atoms with Crippen molar-refractivity contribution in [3.8, 4) is 0 Å². The number of amides is 1. The van der Waals surface area contributed by atoms with Crippen molar-refractivity contribution < 1.29 is 9.59 Å². The van der Waals surface area contributed by atoms with E-state index in [2.05, 4.69) is 0 Å². The van der Waals surface area contributed by atoms with Crippen molar-refractivity contribution in [2.45, 2.75) is 0 Å². The van der Waals surface area contributed by atoms with Crippen molar-refractivity contribution in [3.63, 3.8) is 0 Å². The number of benzene rings is 1. The number of aldehydes is 1. The van der Waals surface area contributed by atoms with Crippen LogP contribution in [0.1, 0.15) is 10.4 Å². The van der Waals surface area contributed by atoms with Crippen LogP contribution in [0.5, 0.6) is 0 Å². The average Bonchev–Trinajstić information content (AvgIpc) is 2.16. The predicted molar refractivity (Wildman–Crippen MR) is 59.3 cm³/mol. The molecule has 0 aliphatic rings. The Balaban J connectivity index is 3.04. The lowest BCUT2D eigenvalue weighted by Gasteiger charge is -2.19. The fraction of sp³-hybridized carbons (Fsp3) is 0.200. The second-order valence-corrected chi connectivity index (χ2v) is 3.58. The summed E-state index contributed by atoms with van der Waals surface area (Å²) in [6.45, 7) is 0.0428. The molecule has 1 aromatic rings. The first-order chi connectivity index (χ1) is 7.04. The van der Waals surface area contributed by atoms with Crippen LogP contribution in [0.4, 0.5) is 5.69 Å². The number of hydrogen-bond acceptors (Lipinski definition) is 3. The van der Waals surface area contributed by atoms with Crippen LogP contribution in [0.25, 0.3) is 0 Å². The van der Waals surface area contributed by atoms with Crippen LogP contribution >= 0.6 is 11.6 Å². The monoisotopic (exact) mass is 226 g/mol. The second-order valence-electron chi connectivity index (χ2n) is 3.14. The molecule has 0 aliphatic heterocycles. The Morgan fingerprint density at radius 2 is 2.27 bits per heavy atom. The third kappa shape index (κ3) is 2.95. The summed E-state index contributed by atoms with van der Waals surface area (Å²) in [7, 11) is 1.67. The summed E-state index contributed by atoms with van der Waals surface area (Å²) < 4.78 is 0. The molecule has 0 aromatic heterocycles. The zero-order valence-electron chi connectivity index (χ0n) is 8.24. The van der Waals surface area contributed by atoms with Gasteiger partial charge in [-0.2, -0.15) is 0 Å². The van der Waals surface area contributed by atoms with Crippen LogP contribution in [0, 0.1) is 0 Å². The average molecular weight is 227 g/mol. The molecule has 0 aliphatic carbocycles. The summed E-state index contributed by atoms with van der Waals surface area (Å²) in [5.74, 6) is -0.464. The molecule has 15 heavy (non-hydrogen) atoms. The SMILES string of the molecule is CN(CC(N)=O)c1cc(Cl)ccc1C=O. The van der Waals surface area contributed by atoms with Crippen molar-refractivity contribution in [1.29, 1.82) is 0 Å². The molecule has 0 saturated heterocycles. The molecule has 80 valence electrons. The van der Waals surface area contributed by atoms with Crippen LogP contribution in [0.3, 0.4) is 0 Å². The number of nitrogens with two attached hydrogens (primary N) is 1. The van der Waals surface area contributed by atoms with Crippen LogP contribution in [0.15, 0.2) is 18.2 Å². The number of primary amides is 1. The van der Waals surface area contributed by atoms with Gasteiger partial charge in [0.1, 0.15) is 0 Å². The number of likely N-dealkylation sites (N-methyl/N-ethyl adjacent to an activating group) is 1. The Morgan fingerprint density at radius 1 is 1.60 bits per heavy atom. The van der Waals surface area contributed by atoms with E-state index < -0.39 is 5.91 Å². The Bertz CT molecular complexity index is 393. The Kier molecular flexibility index (Phi) is 3.68. The quantitative estimate of drug-likeness (QED) is 0.782. The zero-order chi connectivity index (χ0) is 11.4. The normalized spacial score (nSPS) is 9.73. The van der Waals surface area contributed by atoms with E-state index in [0.29, 0.717) is 22.6 Å². The number of rotatable bonds is 4. The summed E-state index contributed by atoms with van der Waals surface area (Å²) in [6, 6.07) is 4.84. The molecule has 0 bridgehead atoms. The summed E-state index contributed by atoms with van der Waals surface area (Å²) in [5, 5.41) is 0.506. The van der Waals surface area contributed by atoms with E-state index >= 15 is 0 Å². The van der Waals surface area contributed by atoms with Crippen LogP contribution < -0.4 is 10.6 Å². The van der Waals surface area contributed by atoms with Gasteiger partial charge in [-0.05, 0) is 18.2 Å². The first kappa shape index (κ1) is 11.5. The maximum absolute atomic E-state index is 10.7. The smallest absolute Gasteiger partial charge is 0.236 e. The molecule has 1 rings (SSSR count). The topological polar surface area (TPSA) is 63.4 Å². The molecule has 0 saturated carbocycles. The first-order valence-corrected chi connectivity index (χ1v) is 4.66. The molecule has 5 heteroatoms. The highest BCUT2D eigenvalue weighted by Gasteiger charge is 2.09. The Labute approximate surface area is 92.6 Å². The molecule has 0 atom stereocenters. The van der Waals surface area contributed by atoms with Gasteiger partial charge in [0.2, 0.25) is 5.91 Å². The first-order valence-electron chi connectivity index (χ1n) is 4.28. The van der Waals surface area contributed by atoms with Gasteiger partial charge in [0, 0.05) is 23.3 Å². The van der Waals surface area contributed by atoms with E-state index in [-0.39, 0.29) is 6.54 Å². The minimum absolute atomic E-state index is 0.0428. The van der Waals surface area contributed by atoms with Gasteiger partial charge in [0.05, 0.1) is 6.54 Å². The third-order valence-electron chi connectivity index (χ3n) is 1.92. The van der Waals surface area contributed by atoms with Gasteiger partial charge in [-0.1, -0.05) is 11.6 Å². The molecule has 0 unspecified atom stereocenters. The highest BCUT2D eigenvalue weighted by atomic mass is 35.5. The molecule has 0 radical (unpaired) electrons. The minimum Gasteiger partial charge on any atom is -0.368 e. The van der Waals surface area contributed by atoms with Gasteiger partial charge in [0.25, 0.3) is 0 Å². The van der Waals surface area contributed by atoms with Crippen LogP contribution in [-0.4, -0.2) is 25.8 Å². The van der Waals surface area contributed by atoms with Gasteiger partial charge in [-0.15, -0.1) is 0 Å². The van der Waals surface area contributed by atoms with Crippen LogP contribution in [0.2, 0.25) is 5.02 Å². The van der Waals surface area contributed by atoms with E-state index in [1.807, 2.05) is 0 Å². The van der Waals surface area contributed by atoms with E-state index in [1.165, 1.54) is 0 Å². The second kappa shape index (κ2) is 4.79. The van der Waals surface area contributed by atoms with E-state index in [0.717, 1.165) is 0 Å². The molecule has 1 aromatic carbocycles. The fourth-order valence-electron chi connectivity index (χ4n) is 1.27. The summed E-state index contributed by atoms with van der Waals surface area (Å²) >= 11 is 5.80. The zero-order valence-corrected chi connectivity index (χ0v) is 8.99. The van der Waals surface area contributed by atoms with Gasteiger partial charge >= 0.3 is 0 Å². The lowest BCUT2D eigenvalue weighted by molar-refractivity contribution is -0.116. The lowest BCUT2D eigenvalue weighted by atomic mass is 10.2. The fourth-order valence-corrected chi connectivity index (χ4v) is 1.43. The number of anilines is 1. The molecule has 0 heterocycles. The number of hydrogen-bond donors (Lipinski definition) is 1. The number of carbonyl (C=O) groups excluding carboxylic acids is 2. The third-order valence-corrected chi connectivity index (χ3v) is 2.16. The number of halogens is 1. The number of nitrogens with zero attached hydrogens (tertiary/aromatic N) is 1. The molecule has 0 spiro atoms. The van der Waals surface area contributed by atoms with Crippen LogP contribution in [-0.2, 0) is 4.79 Å². The molecule has 1 amide bonds. The van der Waals surface area contributed by atoms with Crippen molar-refractivity contribution in [1.82, 2.24) is 0 Å². The van der Waals surface area contributed by atoms with Crippen molar-refractivity contribution >= 4 is 29.5 Å². The lowest BCUT2D eigenvalue weighted by Crippen LogP contribution is -2.31. The van der Waals surface area contributed by atoms with Crippen molar-refractivity contribution in [3.05, 3.63) is 28.8 Å². The molecular weight excluding hydrogens is 216 g/mol. The van der Waals surface area contributed by atoms with Crippen molar-refractivity contribution in [2.24, 2.45) is 5.73 Å². The predicted octanol–water partition coefficient (Wildman–Crippen LogP) is 1.07. The molecule has 2 N–H and O–H groups in total. The minimum atomic E-state index is -0.464. The molecule has 4 nitrogen and oxygen atoms in total. The maximum Gasteiger partial charge on any atom is 0.236 e. The maximum atomic E-state index is 10.7. The van der Waals surface area contributed by atoms with E-state index in [9.17, 15) is 9.59 Å². The summed E-state index contributed by atoms with van der Waals surface area (Å²) in [5.41, 5.74) is 6.13. The Hall–Kier alpha value is -1.55. The van der Waals surface area contributed by atoms with Gasteiger partial charge in [0.15, 0.2) is 6.29 Å².